The Balaban J connectivity index is 2.09. The lowest BCUT2D eigenvalue weighted by atomic mass is 10.1. The highest BCUT2D eigenvalue weighted by atomic mass is 16.4. The van der Waals surface area contributed by atoms with Crippen molar-refractivity contribution in [1.82, 2.24) is 20.1 Å². The molecule has 17 heavy (non-hydrogen) atoms. The number of hydrogen-bond donors (Lipinski definition) is 1. The number of oxazole rings is 1. The zero-order valence-corrected chi connectivity index (χ0v) is 10.7. The first kappa shape index (κ1) is 11.9. The number of hydrogen-bond acceptors (Lipinski definition) is 4. The second-order valence-corrected chi connectivity index (χ2v) is 5.06. The SMILES string of the molecule is Cn1nccc1-c1cnc(CNC(C)(C)C)o1. The Morgan fingerprint density at radius 1 is 1.41 bits per heavy atom. The highest BCUT2D eigenvalue weighted by Crippen LogP contribution is 2.19. The molecule has 2 aromatic heterocycles. The third kappa shape index (κ3) is 2.94. The molecule has 0 aliphatic rings. The molecule has 0 saturated heterocycles. The molecule has 0 aromatic carbocycles. The van der Waals surface area contributed by atoms with Crippen LogP contribution in [0, 0.1) is 0 Å². The smallest absolute Gasteiger partial charge is 0.208 e. The Morgan fingerprint density at radius 3 is 2.76 bits per heavy atom. The standard InChI is InChI=1S/C12H18N4O/c1-12(2,3)14-8-11-13-7-10(17-11)9-5-6-15-16(9)4/h5-7,14H,8H2,1-4H3. The molecule has 0 spiro atoms. The molecule has 0 bridgehead atoms. The predicted molar refractivity (Wildman–Crippen MR) is 65.3 cm³/mol. The average molecular weight is 234 g/mol. The summed E-state index contributed by atoms with van der Waals surface area (Å²) in [6, 6.07) is 1.90. The monoisotopic (exact) mass is 234 g/mol. The lowest BCUT2D eigenvalue weighted by molar-refractivity contribution is 0.383. The van der Waals surface area contributed by atoms with Crippen LogP contribution >= 0.6 is 0 Å². The van der Waals surface area contributed by atoms with E-state index in [9.17, 15) is 0 Å². The summed E-state index contributed by atoms with van der Waals surface area (Å²) in [7, 11) is 1.88. The molecule has 5 nitrogen and oxygen atoms in total. The van der Waals surface area contributed by atoms with E-state index in [1.807, 2.05) is 13.1 Å². The molecule has 0 amide bonds. The fraction of sp³-hybridized carbons (Fsp3) is 0.500. The van der Waals surface area contributed by atoms with Gasteiger partial charge in [-0.1, -0.05) is 0 Å². The van der Waals surface area contributed by atoms with E-state index in [4.69, 9.17) is 4.42 Å². The minimum atomic E-state index is 0.0567. The van der Waals surface area contributed by atoms with Crippen LogP contribution in [0.25, 0.3) is 11.5 Å². The van der Waals surface area contributed by atoms with Gasteiger partial charge in [0.25, 0.3) is 0 Å². The van der Waals surface area contributed by atoms with Gasteiger partial charge in [-0.2, -0.15) is 5.10 Å². The van der Waals surface area contributed by atoms with E-state index >= 15 is 0 Å². The number of aryl methyl sites for hydroxylation is 1. The van der Waals surface area contributed by atoms with Crippen molar-refractivity contribution in [3.63, 3.8) is 0 Å². The number of nitrogens with one attached hydrogen (secondary N) is 1. The molecule has 5 heteroatoms. The van der Waals surface area contributed by atoms with Crippen LogP contribution in [-0.4, -0.2) is 20.3 Å². The zero-order valence-electron chi connectivity index (χ0n) is 10.7. The molecular formula is C12H18N4O. The second-order valence-electron chi connectivity index (χ2n) is 5.06. The van der Waals surface area contributed by atoms with Crippen LogP contribution in [0.5, 0.6) is 0 Å². The van der Waals surface area contributed by atoms with E-state index in [2.05, 4.69) is 36.2 Å². The van der Waals surface area contributed by atoms with Crippen molar-refractivity contribution in [3.05, 3.63) is 24.4 Å². The van der Waals surface area contributed by atoms with Crippen molar-refractivity contribution >= 4 is 0 Å². The fourth-order valence-electron chi connectivity index (χ4n) is 1.47. The lowest BCUT2D eigenvalue weighted by Crippen LogP contribution is -2.35. The van der Waals surface area contributed by atoms with E-state index in [1.165, 1.54) is 0 Å². The average Bonchev–Trinajstić information content (AvgIpc) is 2.81. The molecule has 0 aliphatic heterocycles. The van der Waals surface area contributed by atoms with Crippen LogP contribution in [0.3, 0.4) is 0 Å². The predicted octanol–water partition coefficient (Wildman–Crippen LogP) is 1.96. The molecular weight excluding hydrogens is 216 g/mol. The maximum absolute atomic E-state index is 5.67. The fourth-order valence-corrected chi connectivity index (χ4v) is 1.47. The summed E-state index contributed by atoms with van der Waals surface area (Å²) in [5, 5.41) is 7.43. The largest absolute Gasteiger partial charge is 0.438 e. The van der Waals surface area contributed by atoms with Crippen molar-refractivity contribution in [2.24, 2.45) is 7.05 Å². The number of nitrogens with zero attached hydrogens (tertiary/aromatic N) is 3. The molecule has 92 valence electrons. The minimum Gasteiger partial charge on any atom is -0.438 e. The maximum atomic E-state index is 5.67. The van der Waals surface area contributed by atoms with Gasteiger partial charge in [-0.25, -0.2) is 4.98 Å². The van der Waals surface area contributed by atoms with Crippen molar-refractivity contribution in [3.8, 4) is 11.5 Å². The van der Waals surface area contributed by atoms with Gasteiger partial charge in [0.2, 0.25) is 5.89 Å². The first-order chi connectivity index (χ1) is 7.96. The van der Waals surface area contributed by atoms with Crippen LogP contribution < -0.4 is 5.32 Å². The van der Waals surface area contributed by atoms with Gasteiger partial charge >= 0.3 is 0 Å². The number of rotatable bonds is 3. The maximum Gasteiger partial charge on any atom is 0.208 e. The highest BCUT2D eigenvalue weighted by molar-refractivity contribution is 5.50. The van der Waals surface area contributed by atoms with E-state index in [1.54, 1.807) is 17.1 Å². The Kier molecular flexibility index (Phi) is 3.02. The first-order valence-corrected chi connectivity index (χ1v) is 5.64. The summed E-state index contributed by atoms with van der Waals surface area (Å²) < 4.78 is 7.44. The molecule has 1 N–H and O–H groups in total. The van der Waals surface area contributed by atoms with Gasteiger partial charge in [-0.15, -0.1) is 0 Å². The summed E-state index contributed by atoms with van der Waals surface area (Å²) in [5.74, 6) is 1.44. The Bertz CT molecular complexity index is 493. The molecule has 0 atom stereocenters. The van der Waals surface area contributed by atoms with Gasteiger partial charge in [0.05, 0.1) is 12.7 Å². The lowest BCUT2D eigenvalue weighted by Gasteiger charge is -2.18. The van der Waals surface area contributed by atoms with Gasteiger partial charge < -0.3 is 9.73 Å². The molecule has 2 heterocycles. The third-order valence-electron chi connectivity index (χ3n) is 2.40. The third-order valence-corrected chi connectivity index (χ3v) is 2.40. The molecule has 0 aliphatic carbocycles. The van der Waals surface area contributed by atoms with Crippen LogP contribution in [0.4, 0.5) is 0 Å². The van der Waals surface area contributed by atoms with Gasteiger partial charge in [0.15, 0.2) is 5.76 Å². The molecule has 2 rings (SSSR count). The zero-order chi connectivity index (χ0) is 12.5. The number of aromatic nitrogens is 3. The second kappa shape index (κ2) is 4.33. The summed E-state index contributed by atoms with van der Waals surface area (Å²) >= 11 is 0. The molecule has 0 unspecified atom stereocenters. The van der Waals surface area contributed by atoms with Crippen LogP contribution in [0.1, 0.15) is 26.7 Å². The Morgan fingerprint density at radius 2 is 2.18 bits per heavy atom. The molecule has 0 fully saturated rings. The van der Waals surface area contributed by atoms with E-state index < -0.39 is 0 Å². The highest BCUT2D eigenvalue weighted by Gasteiger charge is 2.13. The van der Waals surface area contributed by atoms with E-state index in [0.29, 0.717) is 12.4 Å². The van der Waals surface area contributed by atoms with E-state index in [-0.39, 0.29) is 5.54 Å². The van der Waals surface area contributed by atoms with Gasteiger partial charge in [0, 0.05) is 18.8 Å². The summed E-state index contributed by atoms with van der Waals surface area (Å²) in [6.45, 7) is 6.95. The summed E-state index contributed by atoms with van der Waals surface area (Å²) in [5.41, 5.74) is 0.987. The van der Waals surface area contributed by atoms with Gasteiger partial charge in [0.1, 0.15) is 5.69 Å². The summed E-state index contributed by atoms with van der Waals surface area (Å²) in [6.07, 6.45) is 3.47. The van der Waals surface area contributed by atoms with Crippen LogP contribution in [0.2, 0.25) is 0 Å². The van der Waals surface area contributed by atoms with Crippen molar-refractivity contribution in [1.29, 1.82) is 0 Å². The first-order valence-electron chi connectivity index (χ1n) is 5.64. The Labute approximate surface area is 101 Å². The normalized spacial score (nSPS) is 12.0. The topological polar surface area (TPSA) is 55.9 Å². The van der Waals surface area contributed by atoms with E-state index in [0.717, 1.165) is 11.5 Å². The molecule has 0 radical (unpaired) electrons. The Hall–Kier alpha value is -1.62. The van der Waals surface area contributed by atoms with Crippen molar-refractivity contribution in [2.75, 3.05) is 0 Å². The van der Waals surface area contributed by atoms with Crippen molar-refractivity contribution in [2.45, 2.75) is 32.9 Å². The molecule has 2 aromatic rings. The minimum absolute atomic E-state index is 0.0567. The van der Waals surface area contributed by atoms with Crippen molar-refractivity contribution < 1.29 is 4.42 Å². The molecule has 0 saturated carbocycles. The van der Waals surface area contributed by atoms with Gasteiger partial charge in [-0.05, 0) is 26.8 Å². The van der Waals surface area contributed by atoms with Gasteiger partial charge in [-0.3, -0.25) is 4.68 Å². The van der Waals surface area contributed by atoms with Crippen LogP contribution in [0.15, 0.2) is 22.9 Å². The van der Waals surface area contributed by atoms with Crippen LogP contribution in [-0.2, 0) is 13.6 Å². The quantitative estimate of drug-likeness (QED) is 0.882. The summed E-state index contributed by atoms with van der Waals surface area (Å²) in [4.78, 5) is 4.25.